The Balaban J connectivity index is 1.56. The molecule has 0 saturated carbocycles. The summed E-state index contributed by atoms with van der Waals surface area (Å²) in [4.78, 5) is 6.40. The number of hydrogen-bond donors (Lipinski definition) is 2. The van der Waals surface area contributed by atoms with Crippen LogP contribution in [0.4, 0.5) is 14.5 Å². The van der Waals surface area contributed by atoms with Gasteiger partial charge in [0.1, 0.15) is 29.7 Å². The van der Waals surface area contributed by atoms with Gasteiger partial charge in [-0.1, -0.05) is 18.2 Å². The lowest BCUT2D eigenvalue weighted by molar-refractivity contribution is 0.146. The Morgan fingerprint density at radius 3 is 2.55 bits per heavy atom. The van der Waals surface area contributed by atoms with E-state index in [1.165, 1.54) is 18.2 Å². The van der Waals surface area contributed by atoms with Gasteiger partial charge in [-0.3, -0.25) is 0 Å². The highest BCUT2D eigenvalue weighted by Gasteiger charge is 2.27. The highest BCUT2D eigenvalue weighted by Crippen LogP contribution is 2.26. The second-order valence-corrected chi connectivity index (χ2v) is 7.33. The predicted octanol–water partition coefficient (Wildman–Crippen LogP) is 3.32. The van der Waals surface area contributed by atoms with Crippen molar-refractivity contribution in [1.29, 1.82) is 0 Å². The zero-order valence-electron chi connectivity index (χ0n) is 18.0. The Morgan fingerprint density at radius 2 is 1.87 bits per heavy atom. The summed E-state index contributed by atoms with van der Waals surface area (Å²) in [6.07, 6.45) is 0.770. The van der Waals surface area contributed by atoms with Crippen molar-refractivity contribution < 1.29 is 18.3 Å². The molecule has 1 aliphatic rings. The van der Waals surface area contributed by atoms with Gasteiger partial charge in [-0.25, -0.2) is 13.8 Å². The molecule has 0 radical (unpaired) electrons. The Labute approximate surface area is 182 Å². The topological polar surface area (TPSA) is 58.1 Å². The van der Waals surface area contributed by atoms with Crippen LogP contribution in [0.15, 0.2) is 47.5 Å². The minimum Gasteiger partial charge on any atom is -0.491 e. The van der Waals surface area contributed by atoms with E-state index in [-0.39, 0.29) is 11.7 Å². The fourth-order valence-electron chi connectivity index (χ4n) is 3.49. The second kappa shape index (κ2) is 11.5. The maximum absolute atomic E-state index is 14.1. The highest BCUT2D eigenvalue weighted by atomic mass is 19.1. The molecule has 2 aromatic carbocycles. The summed E-state index contributed by atoms with van der Waals surface area (Å²) in [5.41, 5.74) is 1.10. The molecule has 0 amide bonds. The van der Waals surface area contributed by atoms with Gasteiger partial charge in [0, 0.05) is 32.8 Å². The van der Waals surface area contributed by atoms with Crippen LogP contribution in [0.1, 0.15) is 18.9 Å². The second-order valence-electron chi connectivity index (χ2n) is 7.33. The number of ether oxygens (including phenoxy) is 2. The number of aliphatic imine (C=N–C) groups is 1. The van der Waals surface area contributed by atoms with E-state index in [1.54, 1.807) is 12.0 Å². The maximum atomic E-state index is 14.1. The van der Waals surface area contributed by atoms with Crippen LogP contribution in [0.25, 0.3) is 0 Å². The number of nitrogens with one attached hydrogen (secondary N) is 2. The molecule has 2 N–H and O–H groups in total. The number of nitrogens with zero attached hydrogens (tertiary/aromatic N) is 2. The molecule has 8 heteroatoms. The molecule has 2 aromatic rings. The lowest BCUT2D eigenvalue weighted by Gasteiger charge is -2.21. The number of methoxy groups -OCH3 is 1. The van der Waals surface area contributed by atoms with E-state index < -0.39 is 11.6 Å². The average Bonchev–Trinajstić information content (AvgIpc) is 3.21. The Kier molecular flexibility index (Phi) is 8.46. The number of guanidine groups is 1. The first-order valence-electron chi connectivity index (χ1n) is 10.5. The standard InChI is InChI=1S/C23H30F2N4O2/c1-3-26-23(27-15-17-7-9-19(10-8-17)31-14-13-30-2)28-18-11-12-29(16-18)22-20(24)5-4-6-21(22)25/h4-10,18H,3,11-16H2,1-2H3,(H2,26,27,28). The zero-order valence-corrected chi connectivity index (χ0v) is 18.0. The maximum Gasteiger partial charge on any atom is 0.191 e. The zero-order chi connectivity index (χ0) is 22.1. The Hall–Kier alpha value is -2.87. The first-order valence-corrected chi connectivity index (χ1v) is 10.5. The molecule has 1 heterocycles. The number of anilines is 1. The van der Waals surface area contributed by atoms with Gasteiger partial charge < -0.3 is 25.0 Å². The first kappa shape index (κ1) is 22.8. The average molecular weight is 433 g/mol. The molecule has 0 spiro atoms. The van der Waals surface area contributed by atoms with Gasteiger partial charge in [-0.2, -0.15) is 0 Å². The normalized spacial score (nSPS) is 16.5. The summed E-state index contributed by atoms with van der Waals surface area (Å²) in [5, 5.41) is 6.62. The van der Waals surface area contributed by atoms with Crippen molar-refractivity contribution in [2.45, 2.75) is 25.9 Å². The predicted molar refractivity (Wildman–Crippen MR) is 119 cm³/mol. The number of halogens is 2. The Morgan fingerprint density at radius 1 is 1.13 bits per heavy atom. The third-order valence-corrected chi connectivity index (χ3v) is 5.03. The summed E-state index contributed by atoms with van der Waals surface area (Å²) in [5.74, 6) is 0.414. The van der Waals surface area contributed by atoms with E-state index in [4.69, 9.17) is 9.47 Å². The van der Waals surface area contributed by atoms with Crippen molar-refractivity contribution in [2.75, 3.05) is 44.9 Å². The largest absolute Gasteiger partial charge is 0.491 e. The third kappa shape index (κ3) is 6.55. The highest BCUT2D eigenvalue weighted by molar-refractivity contribution is 5.80. The van der Waals surface area contributed by atoms with E-state index in [2.05, 4.69) is 15.6 Å². The molecular weight excluding hydrogens is 402 g/mol. The van der Waals surface area contributed by atoms with Crippen LogP contribution in [-0.4, -0.2) is 52.0 Å². The number of benzene rings is 2. The van der Waals surface area contributed by atoms with Crippen molar-refractivity contribution in [3.63, 3.8) is 0 Å². The monoisotopic (exact) mass is 432 g/mol. The lowest BCUT2D eigenvalue weighted by Crippen LogP contribution is -2.44. The number of para-hydroxylation sites is 1. The molecule has 1 aliphatic heterocycles. The van der Waals surface area contributed by atoms with Gasteiger partial charge >= 0.3 is 0 Å². The summed E-state index contributed by atoms with van der Waals surface area (Å²) in [7, 11) is 1.64. The molecule has 168 valence electrons. The van der Waals surface area contributed by atoms with Crippen molar-refractivity contribution in [3.8, 4) is 5.75 Å². The van der Waals surface area contributed by atoms with Crippen molar-refractivity contribution >= 4 is 11.6 Å². The summed E-state index contributed by atoms with van der Waals surface area (Å²) < 4.78 is 38.7. The molecule has 1 atom stereocenters. The molecule has 31 heavy (non-hydrogen) atoms. The van der Waals surface area contributed by atoms with Crippen LogP contribution in [0.3, 0.4) is 0 Å². The molecule has 1 fully saturated rings. The van der Waals surface area contributed by atoms with Crippen LogP contribution >= 0.6 is 0 Å². The van der Waals surface area contributed by atoms with Crippen molar-refractivity contribution in [1.82, 2.24) is 10.6 Å². The summed E-state index contributed by atoms with van der Waals surface area (Å²) in [6, 6.07) is 11.8. The van der Waals surface area contributed by atoms with E-state index in [9.17, 15) is 8.78 Å². The molecule has 3 rings (SSSR count). The molecule has 0 aliphatic carbocycles. The fraction of sp³-hybridized carbons (Fsp3) is 0.435. The van der Waals surface area contributed by atoms with Gasteiger partial charge in [0.15, 0.2) is 5.96 Å². The SMILES string of the molecule is CCNC(=NCc1ccc(OCCOC)cc1)NC1CCN(c2c(F)cccc2F)C1. The van der Waals surface area contributed by atoms with Crippen LogP contribution < -0.4 is 20.3 Å². The van der Waals surface area contributed by atoms with E-state index >= 15 is 0 Å². The molecule has 0 bridgehead atoms. The van der Waals surface area contributed by atoms with Crippen LogP contribution in [0, 0.1) is 11.6 Å². The van der Waals surface area contributed by atoms with Crippen LogP contribution in [0.2, 0.25) is 0 Å². The van der Waals surface area contributed by atoms with E-state index in [1.807, 2.05) is 31.2 Å². The van der Waals surface area contributed by atoms with Gasteiger partial charge in [-0.15, -0.1) is 0 Å². The first-order chi connectivity index (χ1) is 15.1. The van der Waals surface area contributed by atoms with E-state index in [0.29, 0.717) is 38.8 Å². The van der Waals surface area contributed by atoms with Gasteiger partial charge in [0.2, 0.25) is 0 Å². The Bertz CT molecular complexity index is 841. The van der Waals surface area contributed by atoms with Gasteiger partial charge in [-0.05, 0) is 43.2 Å². The summed E-state index contributed by atoms with van der Waals surface area (Å²) in [6.45, 7) is 5.38. The quantitative estimate of drug-likeness (QED) is 0.362. The number of hydrogen-bond acceptors (Lipinski definition) is 4. The fourth-order valence-corrected chi connectivity index (χ4v) is 3.49. The molecule has 0 aromatic heterocycles. The van der Waals surface area contributed by atoms with Crippen LogP contribution in [0.5, 0.6) is 5.75 Å². The minimum atomic E-state index is -0.532. The molecule has 1 saturated heterocycles. The van der Waals surface area contributed by atoms with Gasteiger partial charge in [0.05, 0.1) is 13.2 Å². The smallest absolute Gasteiger partial charge is 0.191 e. The van der Waals surface area contributed by atoms with Crippen molar-refractivity contribution in [3.05, 3.63) is 59.7 Å². The van der Waals surface area contributed by atoms with E-state index in [0.717, 1.165) is 24.3 Å². The molecule has 1 unspecified atom stereocenters. The minimum absolute atomic E-state index is 0.0431. The third-order valence-electron chi connectivity index (χ3n) is 5.03. The van der Waals surface area contributed by atoms with Gasteiger partial charge in [0.25, 0.3) is 0 Å². The lowest BCUT2D eigenvalue weighted by atomic mass is 10.2. The van der Waals surface area contributed by atoms with Crippen LogP contribution in [-0.2, 0) is 11.3 Å². The molecular formula is C23H30F2N4O2. The summed E-state index contributed by atoms with van der Waals surface area (Å²) >= 11 is 0. The van der Waals surface area contributed by atoms with Crippen molar-refractivity contribution in [2.24, 2.45) is 4.99 Å². The molecule has 6 nitrogen and oxygen atoms in total. The number of rotatable bonds is 9.